The molecule has 4 rings (SSSR count). The van der Waals surface area contributed by atoms with Crippen LogP contribution in [0.15, 0.2) is 64.5 Å². The summed E-state index contributed by atoms with van der Waals surface area (Å²) in [6.07, 6.45) is 2.36. The second-order valence-electron chi connectivity index (χ2n) is 7.46. The third-order valence-electron chi connectivity index (χ3n) is 5.55. The molecule has 0 bridgehead atoms. The number of para-hydroxylation sites is 1. The molecule has 1 fully saturated rings. The van der Waals surface area contributed by atoms with Crippen LogP contribution in [0.25, 0.3) is 10.9 Å². The number of aromatic nitrogens is 1. The average molecular weight is 440 g/mol. The van der Waals surface area contributed by atoms with Crippen LogP contribution >= 0.6 is 0 Å². The summed E-state index contributed by atoms with van der Waals surface area (Å²) in [5.74, 6) is -2.33. The van der Waals surface area contributed by atoms with E-state index in [2.05, 4.69) is 9.88 Å². The Kier molecular flexibility index (Phi) is 5.36. The van der Waals surface area contributed by atoms with Crippen molar-refractivity contribution in [3.8, 4) is 0 Å². The lowest BCUT2D eigenvalue weighted by atomic mass is 9.96. The fourth-order valence-corrected chi connectivity index (χ4v) is 5.11. The number of piperidine rings is 1. The first-order valence-electron chi connectivity index (χ1n) is 9.72. The number of benzene rings is 2. The number of fused-ring (bicyclic) bond motifs is 1. The maximum atomic E-state index is 13.0. The van der Waals surface area contributed by atoms with Gasteiger partial charge in [-0.1, -0.05) is 18.2 Å². The topological polar surface area (TPSA) is 125 Å². The third kappa shape index (κ3) is 3.96. The van der Waals surface area contributed by atoms with Gasteiger partial charge in [-0.3, -0.25) is 9.78 Å². The molecule has 8 nitrogen and oxygen atoms in total. The normalized spacial score (nSPS) is 15.2. The highest BCUT2D eigenvalue weighted by molar-refractivity contribution is 7.91. The second kappa shape index (κ2) is 7.99. The summed E-state index contributed by atoms with van der Waals surface area (Å²) in [7, 11) is -3.95. The molecule has 160 valence electrons. The van der Waals surface area contributed by atoms with Crippen molar-refractivity contribution in [2.45, 2.75) is 22.6 Å². The third-order valence-corrected chi connectivity index (χ3v) is 7.27. The van der Waals surface area contributed by atoms with Crippen LogP contribution in [0.2, 0.25) is 0 Å². The molecule has 0 unspecified atom stereocenters. The van der Waals surface area contributed by atoms with Crippen molar-refractivity contribution in [1.29, 1.82) is 0 Å². The van der Waals surface area contributed by atoms with E-state index in [1.54, 1.807) is 6.07 Å². The molecule has 3 aromatic rings. The summed E-state index contributed by atoms with van der Waals surface area (Å²) in [6.45, 7) is 1.17. The summed E-state index contributed by atoms with van der Waals surface area (Å²) in [5, 5.41) is 19.0. The molecule has 0 aliphatic carbocycles. The number of aliphatic carboxylic acids is 1. The number of anilines is 1. The quantitative estimate of drug-likeness (QED) is 0.620. The second-order valence-corrected chi connectivity index (χ2v) is 9.41. The van der Waals surface area contributed by atoms with Gasteiger partial charge in [0.2, 0.25) is 9.84 Å². The standard InChI is InChI=1S/C22H20N2O6S/c25-21(26)14-7-9-24(10-8-14)19-6-2-3-15-11-18(13-23-20(15)19)31(29,30)17-5-1-4-16(12-17)22(27)28/h1-6,11-14H,7-10H2,(H,25,26)(H,27,28). The van der Waals surface area contributed by atoms with Crippen LogP contribution in [0.3, 0.4) is 0 Å². The number of pyridine rings is 1. The van der Waals surface area contributed by atoms with Gasteiger partial charge in [-0.05, 0) is 43.2 Å². The van der Waals surface area contributed by atoms with E-state index < -0.39 is 21.8 Å². The fourth-order valence-electron chi connectivity index (χ4n) is 3.83. The molecular formula is C22H20N2O6S. The maximum absolute atomic E-state index is 13.0. The first-order valence-corrected chi connectivity index (χ1v) is 11.2. The SMILES string of the molecule is O=C(O)c1cccc(S(=O)(=O)c2cnc3c(N4CCC(C(=O)O)CC4)cccc3c2)c1. The first kappa shape index (κ1) is 20.8. The van der Waals surface area contributed by atoms with Gasteiger partial charge in [0.05, 0.1) is 32.5 Å². The summed E-state index contributed by atoms with van der Waals surface area (Å²) >= 11 is 0. The molecule has 0 radical (unpaired) electrons. The molecule has 2 N–H and O–H groups in total. The highest BCUT2D eigenvalue weighted by Gasteiger charge is 2.26. The van der Waals surface area contributed by atoms with Gasteiger partial charge in [0.15, 0.2) is 0 Å². The molecule has 0 spiro atoms. The lowest BCUT2D eigenvalue weighted by Gasteiger charge is -2.32. The van der Waals surface area contributed by atoms with Gasteiger partial charge in [0.1, 0.15) is 0 Å². The fraction of sp³-hybridized carbons (Fsp3) is 0.227. The molecule has 0 saturated carbocycles. The van der Waals surface area contributed by atoms with Crippen LogP contribution in [-0.2, 0) is 14.6 Å². The largest absolute Gasteiger partial charge is 0.481 e. The van der Waals surface area contributed by atoms with Crippen LogP contribution in [0.1, 0.15) is 23.2 Å². The Hall–Kier alpha value is -3.46. The molecule has 1 aromatic heterocycles. The number of aromatic carboxylic acids is 1. The Bertz CT molecular complexity index is 1280. The molecule has 2 aromatic carbocycles. The van der Waals surface area contributed by atoms with E-state index in [-0.39, 0.29) is 21.3 Å². The van der Waals surface area contributed by atoms with Gasteiger partial charge in [0, 0.05) is 24.7 Å². The lowest BCUT2D eigenvalue weighted by molar-refractivity contribution is -0.142. The summed E-state index contributed by atoms with van der Waals surface area (Å²) < 4.78 is 26.1. The molecule has 1 aliphatic heterocycles. The van der Waals surface area contributed by atoms with Crippen molar-refractivity contribution in [3.05, 3.63) is 60.3 Å². The maximum Gasteiger partial charge on any atom is 0.335 e. The van der Waals surface area contributed by atoms with Crippen molar-refractivity contribution >= 4 is 38.4 Å². The highest BCUT2D eigenvalue weighted by Crippen LogP contribution is 2.31. The highest BCUT2D eigenvalue weighted by atomic mass is 32.2. The molecule has 1 aliphatic rings. The minimum atomic E-state index is -3.95. The van der Waals surface area contributed by atoms with Crippen molar-refractivity contribution in [2.75, 3.05) is 18.0 Å². The van der Waals surface area contributed by atoms with Crippen LogP contribution in [0.4, 0.5) is 5.69 Å². The van der Waals surface area contributed by atoms with Crippen molar-refractivity contribution in [2.24, 2.45) is 5.92 Å². The number of carboxylic acids is 2. The van der Waals surface area contributed by atoms with E-state index in [1.165, 1.54) is 30.5 Å². The van der Waals surface area contributed by atoms with Crippen LogP contribution < -0.4 is 4.90 Å². The van der Waals surface area contributed by atoms with E-state index in [0.717, 1.165) is 11.8 Å². The smallest absolute Gasteiger partial charge is 0.335 e. The van der Waals surface area contributed by atoms with Crippen LogP contribution in [0, 0.1) is 5.92 Å². The van der Waals surface area contributed by atoms with Gasteiger partial charge >= 0.3 is 11.9 Å². The van der Waals surface area contributed by atoms with E-state index >= 15 is 0 Å². The van der Waals surface area contributed by atoms with Gasteiger partial charge in [-0.25, -0.2) is 13.2 Å². The zero-order valence-corrected chi connectivity index (χ0v) is 17.2. The molecule has 0 atom stereocenters. The molecule has 31 heavy (non-hydrogen) atoms. The van der Waals surface area contributed by atoms with Crippen molar-refractivity contribution in [1.82, 2.24) is 4.98 Å². The number of hydrogen-bond donors (Lipinski definition) is 2. The zero-order chi connectivity index (χ0) is 22.2. The molecule has 9 heteroatoms. The van der Waals surface area contributed by atoms with E-state index in [4.69, 9.17) is 5.11 Å². The molecule has 1 saturated heterocycles. The van der Waals surface area contributed by atoms with Crippen molar-refractivity contribution < 1.29 is 28.2 Å². The summed E-state index contributed by atoms with van der Waals surface area (Å²) in [6, 6.07) is 12.2. The Morgan fingerprint density at radius 3 is 2.35 bits per heavy atom. The Labute approximate surface area is 178 Å². The Balaban J connectivity index is 1.69. The Morgan fingerprint density at radius 1 is 0.968 bits per heavy atom. The molecule has 0 amide bonds. The minimum absolute atomic E-state index is 0.0238. The monoisotopic (exact) mass is 440 g/mol. The van der Waals surface area contributed by atoms with Crippen LogP contribution in [-0.4, -0.2) is 48.6 Å². The van der Waals surface area contributed by atoms with E-state index in [9.17, 15) is 23.1 Å². The average Bonchev–Trinajstić information content (AvgIpc) is 2.78. The Morgan fingerprint density at radius 2 is 1.68 bits per heavy atom. The number of carbonyl (C=O) groups is 2. The number of hydrogen-bond acceptors (Lipinski definition) is 6. The van der Waals surface area contributed by atoms with Crippen molar-refractivity contribution in [3.63, 3.8) is 0 Å². The predicted molar refractivity (Wildman–Crippen MR) is 113 cm³/mol. The van der Waals surface area contributed by atoms with E-state index in [1.807, 2.05) is 12.1 Å². The van der Waals surface area contributed by atoms with Gasteiger partial charge in [-0.2, -0.15) is 0 Å². The van der Waals surface area contributed by atoms with Crippen LogP contribution in [0.5, 0.6) is 0 Å². The minimum Gasteiger partial charge on any atom is -0.481 e. The summed E-state index contributed by atoms with van der Waals surface area (Å²) in [5.41, 5.74) is 1.36. The molecular weight excluding hydrogens is 420 g/mol. The molecule has 2 heterocycles. The number of nitrogens with zero attached hydrogens (tertiary/aromatic N) is 2. The predicted octanol–water partition coefficient (Wildman–Crippen LogP) is 3.07. The lowest BCUT2D eigenvalue weighted by Crippen LogP contribution is -2.36. The summed E-state index contributed by atoms with van der Waals surface area (Å²) in [4.78, 5) is 28.7. The first-order chi connectivity index (χ1) is 14.8. The van der Waals surface area contributed by atoms with Gasteiger partial charge in [-0.15, -0.1) is 0 Å². The number of carboxylic acid groups (broad SMARTS) is 2. The number of sulfone groups is 1. The zero-order valence-electron chi connectivity index (χ0n) is 16.4. The van der Waals surface area contributed by atoms with E-state index in [0.29, 0.717) is 36.8 Å². The van der Waals surface area contributed by atoms with Gasteiger partial charge < -0.3 is 15.1 Å². The van der Waals surface area contributed by atoms with Gasteiger partial charge in [0.25, 0.3) is 0 Å². The number of rotatable bonds is 5.